The van der Waals surface area contributed by atoms with Crippen LogP contribution < -0.4 is 0 Å². The Morgan fingerprint density at radius 3 is 2.14 bits per heavy atom. The quantitative estimate of drug-likeness (QED) is 0.326. The molecule has 1 unspecified atom stereocenters. The molecule has 0 saturated heterocycles. The monoisotopic (exact) mass is 288 g/mol. The van der Waals surface area contributed by atoms with Gasteiger partial charge in [-0.25, -0.2) is 0 Å². The molecule has 0 saturated carbocycles. The summed E-state index contributed by atoms with van der Waals surface area (Å²) in [4.78, 5) is 0. The van der Waals surface area contributed by atoms with Gasteiger partial charge in [0, 0.05) is 6.61 Å². The van der Waals surface area contributed by atoms with Gasteiger partial charge in [-0.1, -0.05) is 88.4 Å². The van der Waals surface area contributed by atoms with E-state index < -0.39 is 0 Å². The second-order valence-electron chi connectivity index (χ2n) is 5.76. The van der Waals surface area contributed by atoms with E-state index in [9.17, 15) is 0 Å². The van der Waals surface area contributed by atoms with Crippen LogP contribution in [0.1, 0.15) is 70.8 Å². The lowest BCUT2D eigenvalue weighted by Gasteiger charge is -2.31. The molecule has 1 aromatic rings. The molecule has 0 heterocycles. The fourth-order valence-electron chi connectivity index (χ4n) is 2.90. The van der Waals surface area contributed by atoms with Gasteiger partial charge in [0.15, 0.2) is 0 Å². The van der Waals surface area contributed by atoms with E-state index in [1.165, 1.54) is 50.5 Å². The second-order valence-corrected chi connectivity index (χ2v) is 5.76. The van der Waals surface area contributed by atoms with Gasteiger partial charge in [-0.15, -0.1) is 0 Å². The molecule has 1 heteroatoms. The average molecular weight is 288 g/mol. The Morgan fingerprint density at radius 2 is 1.57 bits per heavy atom. The van der Waals surface area contributed by atoms with E-state index >= 15 is 0 Å². The standard InChI is InChI=1S/C20H32O/c1-4-7-8-9-10-11-15-18-20(5-2,21-6-3)19-16-13-12-14-17-19/h5,12-14,16-17H,2,4,6-11,15,18H2,1,3H3. The minimum Gasteiger partial charge on any atom is -0.366 e. The Morgan fingerprint density at radius 1 is 0.952 bits per heavy atom. The molecule has 1 aromatic carbocycles. The van der Waals surface area contributed by atoms with E-state index in [1.807, 2.05) is 6.08 Å². The minimum absolute atomic E-state index is 0.306. The Hall–Kier alpha value is -1.08. The first-order chi connectivity index (χ1) is 10.3. The van der Waals surface area contributed by atoms with Crippen molar-refractivity contribution in [1.29, 1.82) is 0 Å². The average Bonchev–Trinajstić information content (AvgIpc) is 2.54. The molecule has 0 aromatic heterocycles. The van der Waals surface area contributed by atoms with Crippen LogP contribution in [0.5, 0.6) is 0 Å². The van der Waals surface area contributed by atoms with Gasteiger partial charge in [0.05, 0.1) is 0 Å². The zero-order valence-electron chi connectivity index (χ0n) is 13.9. The maximum Gasteiger partial charge on any atom is 0.111 e. The number of unbranched alkanes of at least 4 members (excludes halogenated alkanes) is 6. The van der Waals surface area contributed by atoms with E-state index in [0.717, 1.165) is 13.0 Å². The van der Waals surface area contributed by atoms with E-state index in [0.29, 0.717) is 0 Å². The summed E-state index contributed by atoms with van der Waals surface area (Å²) in [5, 5.41) is 0. The molecular weight excluding hydrogens is 256 g/mol. The molecule has 0 aliphatic carbocycles. The van der Waals surface area contributed by atoms with Crippen molar-refractivity contribution in [1.82, 2.24) is 0 Å². The number of hydrogen-bond acceptors (Lipinski definition) is 1. The number of hydrogen-bond donors (Lipinski definition) is 0. The predicted molar refractivity (Wildman–Crippen MR) is 92.6 cm³/mol. The molecule has 0 aliphatic rings. The summed E-state index contributed by atoms with van der Waals surface area (Å²) in [6.07, 6.45) is 12.3. The van der Waals surface area contributed by atoms with Crippen LogP contribution in [0.3, 0.4) is 0 Å². The summed E-state index contributed by atoms with van der Waals surface area (Å²) in [5.41, 5.74) is 0.923. The minimum atomic E-state index is -0.306. The van der Waals surface area contributed by atoms with Crippen molar-refractivity contribution in [3.63, 3.8) is 0 Å². The summed E-state index contributed by atoms with van der Waals surface area (Å²) in [7, 11) is 0. The first kappa shape index (κ1) is 18.0. The topological polar surface area (TPSA) is 9.23 Å². The third kappa shape index (κ3) is 6.05. The van der Waals surface area contributed by atoms with E-state index in [1.54, 1.807) is 0 Å². The highest BCUT2D eigenvalue weighted by Gasteiger charge is 2.28. The van der Waals surface area contributed by atoms with Gasteiger partial charge in [-0.2, -0.15) is 0 Å². The van der Waals surface area contributed by atoms with Gasteiger partial charge < -0.3 is 4.74 Å². The second kappa shape index (κ2) is 10.6. The highest BCUT2D eigenvalue weighted by molar-refractivity contribution is 5.27. The SMILES string of the molecule is C=CC(CCCCCCCCC)(OCC)c1ccccc1. The molecule has 0 spiro atoms. The van der Waals surface area contributed by atoms with Gasteiger partial charge in [0.25, 0.3) is 0 Å². The smallest absolute Gasteiger partial charge is 0.111 e. The van der Waals surface area contributed by atoms with Crippen LogP contribution >= 0.6 is 0 Å². The Bertz CT molecular complexity index is 371. The van der Waals surface area contributed by atoms with Crippen LogP contribution in [0.2, 0.25) is 0 Å². The summed E-state index contributed by atoms with van der Waals surface area (Å²) >= 11 is 0. The normalized spacial score (nSPS) is 13.8. The molecule has 0 bridgehead atoms. The van der Waals surface area contributed by atoms with Crippen molar-refractivity contribution in [2.24, 2.45) is 0 Å². The highest BCUT2D eigenvalue weighted by Crippen LogP contribution is 2.33. The largest absolute Gasteiger partial charge is 0.366 e. The van der Waals surface area contributed by atoms with Crippen LogP contribution in [0.15, 0.2) is 43.0 Å². The first-order valence-corrected chi connectivity index (χ1v) is 8.62. The van der Waals surface area contributed by atoms with Crippen molar-refractivity contribution < 1.29 is 4.74 Å². The zero-order chi connectivity index (χ0) is 15.4. The van der Waals surface area contributed by atoms with Crippen LogP contribution in [0.4, 0.5) is 0 Å². The fraction of sp³-hybridized carbons (Fsp3) is 0.600. The molecule has 1 nitrogen and oxygen atoms in total. The van der Waals surface area contributed by atoms with E-state index in [4.69, 9.17) is 4.74 Å². The predicted octanol–water partition coefficient (Wildman–Crippen LogP) is 6.25. The molecule has 0 N–H and O–H groups in total. The van der Waals surface area contributed by atoms with Crippen LogP contribution in [0.25, 0.3) is 0 Å². The highest BCUT2D eigenvalue weighted by atomic mass is 16.5. The summed E-state index contributed by atoms with van der Waals surface area (Å²) in [6.45, 7) is 9.09. The summed E-state index contributed by atoms with van der Waals surface area (Å²) in [6, 6.07) is 10.5. The Balaban J connectivity index is 2.49. The number of ether oxygens (including phenoxy) is 1. The van der Waals surface area contributed by atoms with Crippen molar-refractivity contribution in [3.8, 4) is 0 Å². The Kier molecular flexibility index (Phi) is 9.09. The van der Waals surface area contributed by atoms with Crippen LogP contribution in [0, 0.1) is 0 Å². The first-order valence-electron chi connectivity index (χ1n) is 8.62. The lowest BCUT2D eigenvalue weighted by atomic mass is 9.87. The van der Waals surface area contributed by atoms with E-state index in [-0.39, 0.29) is 5.60 Å². The van der Waals surface area contributed by atoms with Gasteiger partial charge in [-0.3, -0.25) is 0 Å². The van der Waals surface area contributed by atoms with Gasteiger partial charge in [0.1, 0.15) is 5.60 Å². The number of benzene rings is 1. The Labute approximate surface area is 131 Å². The third-order valence-electron chi connectivity index (χ3n) is 4.15. The molecule has 0 aliphatic heterocycles. The molecule has 0 fully saturated rings. The third-order valence-corrected chi connectivity index (χ3v) is 4.15. The van der Waals surface area contributed by atoms with E-state index in [2.05, 4.69) is 50.8 Å². The van der Waals surface area contributed by atoms with Crippen LogP contribution in [-0.4, -0.2) is 6.61 Å². The molecule has 0 radical (unpaired) electrons. The van der Waals surface area contributed by atoms with Crippen LogP contribution in [-0.2, 0) is 10.3 Å². The van der Waals surface area contributed by atoms with Crippen molar-refractivity contribution in [2.75, 3.05) is 6.61 Å². The molecule has 118 valence electrons. The van der Waals surface area contributed by atoms with Gasteiger partial charge >= 0.3 is 0 Å². The fourth-order valence-corrected chi connectivity index (χ4v) is 2.90. The van der Waals surface area contributed by atoms with Crippen molar-refractivity contribution in [2.45, 2.75) is 70.8 Å². The van der Waals surface area contributed by atoms with Gasteiger partial charge in [0.2, 0.25) is 0 Å². The molecule has 1 atom stereocenters. The zero-order valence-corrected chi connectivity index (χ0v) is 13.9. The summed E-state index contributed by atoms with van der Waals surface area (Å²) < 4.78 is 6.09. The lowest BCUT2D eigenvalue weighted by Crippen LogP contribution is -2.27. The maximum absolute atomic E-state index is 6.09. The molecule has 0 amide bonds. The molecular formula is C20H32O. The number of rotatable bonds is 12. The van der Waals surface area contributed by atoms with Crippen molar-refractivity contribution in [3.05, 3.63) is 48.6 Å². The summed E-state index contributed by atoms with van der Waals surface area (Å²) in [5.74, 6) is 0. The molecule has 1 rings (SSSR count). The maximum atomic E-state index is 6.09. The van der Waals surface area contributed by atoms with Crippen molar-refractivity contribution >= 4 is 0 Å². The molecule has 21 heavy (non-hydrogen) atoms. The lowest BCUT2D eigenvalue weighted by molar-refractivity contribution is -0.0129. The van der Waals surface area contributed by atoms with Gasteiger partial charge in [-0.05, 0) is 25.3 Å².